The van der Waals surface area contributed by atoms with Gasteiger partial charge in [-0.05, 0) is 49.9 Å². The highest BCUT2D eigenvalue weighted by Crippen LogP contribution is 2.48. The smallest absolute Gasteiger partial charge is 0.251 e. The lowest BCUT2D eigenvalue weighted by molar-refractivity contribution is -0.117. The summed E-state index contributed by atoms with van der Waals surface area (Å²) in [5, 5.41) is 19.6. The molecule has 2 heterocycles. The second kappa shape index (κ2) is 11.6. The van der Waals surface area contributed by atoms with Crippen molar-refractivity contribution in [3.63, 3.8) is 0 Å². The summed E-state index contributed by atoms with van der Waals surface area (Å²) in [6.07, 6.45) is 3.35. The van der Waals surface area contributed by atoms with Crippen LogP contribution in [0.15, 0.2) is 42.6 Å². The highest BCUT2D eigenvalue weighted by atomic mass is 35.5. The van der Waals surface area contributed by atoms with Crippen LogP contribution in [0.2, 0.25) is 5.02 Å². The molecule has 2 aromatic carbocycles. The second-order valence-corrected chi connectivity index (χ2v) is 11.9. The Morgan fingerprint density at radius 1 is 1.27 bits per heavy atom. The van der Waals surface area contributed by atoms with Gasteiger partial charge in [0.25, 0.3) is 5.91 Å². The number of nitrogens with two attached hydrogens (primary N) is 1. The van der Waals surface area contributed by atoms with Gasteiger partial charge in [-0.25, -0.2) is 18.4 Å². The van der Waals surface area contributed by atoms with Crippen LogP contribution >= 0.6 is 11.6 Å². The predicted molar refractivity (Wildman–Crippen MR) is 162 cm³/mol. The molecule has 2 aromatic heterocycles. The van der Waals surface area contributed by atoms with E-state index in [1.807, 2.05) is 0 Å². The zero-order valence-electron chi connectivity index (χ0n) is 24.7. The van der Waals surface area contributed by atoms with E-state index >= 15 is 0 Å². The zero-order chi connectivity index (χ0) is 32.1. The molecule has 10 nitrogen and oxygen atoms in total. The van der Waals surface area contributed by atoms with Gasteiger partial charge in [0.2, 0.25) is 11.7 Å². The van der Waals surface area contributed by atoms with Crippen molar-refractivity contribution in [1.82, 2.24) is 20.1 Å². The number of fused-ring (bicyclic) bond motifs is 1. The van der Waals surface area contributed by atoms with Gasteiger partial charge >= 0.3 is 0 Å². The van der Waals surface area contributed by atoms with Crippen molar-refractivity contribution in [2.24, 2.45) is 11.7 Å². The SMILES string of the molecule is CCOc1c(CC(N)=O)cc([C@@](O)(CNC(=O)c2cc(OC)c3nn(C4(F)CC4)cc3c2)C2CC2)nc1-c1cccc(F)c1Cl. The molecule has 0 radical (unpaired) electrons. The predicted octanol–water partition coefficient (Wildman–Crippen LogP) is 4.77. The molecule has 4 N–H and O–H groups in total. The lowest BCUT2D eigenvalue weighted by Crippen LogP contribution is -2.43. The van der Waals surface area contributed by atoms with Gasteiger partial charge in [0.15, 0.2) is 0 Å². The number of carbonyl (C=O) groups is 2. The van der Waals surface area contributed by atoms with Crippen molar-refractivity contribution >= 4 is 34.3 Å². The largest absolute Gasteiger partial charge is 0.494 e. The van der Waals surface area contributed by atoms with Gasteiger partial charge in [-0.2, -0.15) is 5.10 Å². The first-order chi connectivity index (χ1) is 21.5. The number of methoxy groups -OCH3 is 1. The number of halogens is 3. The molecular weight excluding hydrogens is 608 g/mol. The number of ether oxygens (including phenoxy) is 2. The number of nitrogens with one attached hydrogen (secondary N) is 1. The minimum absolute atomic E-state index is 0.133. The molecule has 0 bridgehead atoms. The second-order valence-electron chi connectivity index (χ2n) is 11.5. The summed E-state index contributed by atoms with van der Waals surface area (Å²) in [6, 6.07) is 8.86. The Morgan fingerprint density at radius 2 is 2.02 bits per heavy atom. The summed E-state index contributed by atoms with van der Waals surface area (Å²) in [4.78, 5) is 30.3. The van der Waals surface area contributed by atoms with E-state index in [1.54, 1.807) is 25.3 Å². The summed E-state index contributed by atoms with van der Waals surface area (Å²) in [6.45, 7) is 1.71. The van der Waals surface area contributed by atoms with Crippen molar-refractivity contribution in [1.29, 1.82) is 0 Å². The molecule has 0 saturated heterocycles. The van der Waals surface area contributed by atoms with Crippen LogP contribution in [0.4, 0.5) is 8.78 Å². The van der Waals surface area contributed by atoms with Gasteiger partial charge in [-0.15, -0.1) is 0 Å². The fraction of sp³-hybridized carbons (Fsp3) is 0.375. The molecule has 236 valence electrons. The first-order valence-electron chi connectivity index (χ1n) is 14.6. The van der Waals surface area contributed by atoms with Gasteiger partial charge in [-0.3, -0.25) is 9.59 Å². The van der Waals surface area contributed by atoms with Crippen LogP contribution < -0.4 is 20.5 Å². The minimum Gasteiger partial charge on any atom is -0.494 e. The van der Waals surface area contributed by atoms with Crippen molar-refractivity contribution in [3.8, 4) is 22.8 Å². The van der Waals surface area contributed by atoms with Gasteiger partial charge in [0.05, 0.1) is 37.4 Å². The maximum absolute atomic E-state index is 14.7. The fourth-order valence-electron chi connectivity index (χ4n) is 5.55. The number of alkyl halides is 1. The number of carbonyl (C=O) groups excluding carboxylic acids is 2. The number of rotatable bonds is 12. The average molecular weight is 640 g/mol. The van der Waals surface area contributed by atoms with Crippen molar-refractivity contribution in [3.05, 3.63) is 70.3 Å². The normalized spacial score (nSPS) is 16.7. The van der Waals surface area contributed by atoms with Crippen LogP contribution in [0, 0.1) is 11.7 Å². The quantitative estimate of drug-likeness (QED) is 0.203. The summed E-state index contributed by atoms with van der Waals surface area (Å²) in [5.41, 5.74) is 5.36. The van der Waals surface area contributed by atoms with Crippen LogP contribution in [-0.2, 0) is 22.6 Å². The first-order valence-corrected chi connectivity index (χ1v) is 15.0. The number of amides is 2. The standard InChI is InChI=1S/C32H32ClF2N5O5/c1-3-45-29-17(14-25(36)41)13-24(38-28(29)21-5-4-6-22(34)26(21)33)32(43,20-7-8-20)16-37-30(42)18-11-19-15-40(31(35)9-10-31)39-27(19)23(12-18)44-2/h4-6,11-13,15,20,43H,3,7-10,14,16H2,1-2H3,(H2,36,41)(H,37,42)/t32-/m1/s1. The highest BCUT2D eigenvalue weighted by molar-refractivity contribution is 6.33. The third kappa shape index (κ3) is 5.80. The third-order valence-corrected chi connectivity index (χ3v) is 8.64. The number of primary amides is 1. The lowest BCUT2D eigenvalue weighted by atomic mass is 9.90. The molecule has 4 aromatic rings. The maximum Gasteiger partial charge on any atom is 0.251 e. The number of nitrogens with zero attached hydrogens (tertiary/aromatic N) is 3. The van der Waals surface area contributed by atoms with Crippen LogP contribution in [0.5, 0.6) is 11.5 Å². The van der Waals surface area contributed by atoms with E-state index < -0.39 is 29.0 Å². The van der Waals surface area contributed by atoms with Gasteiger partial charge in [0.1, 0.15) is 34.1 Å². The Balaban J connectivity index is 1.37. The number of hydrogen-bond donors (Lipinski definition) is 3. The Kier molecular flexibility index (Phi) is 7.90. The van der Waals surface area contributed by atoms with Crippen molar-refractivity contribution in [2.45, 2.75) is 50.4 Å². The number of aliphatic hydroxyl groups is 1. The van der Waals surface area contributed by atoms with Gasteiger partial charge in [-0.1, -0.05) is 23.7 Å². The third-order valence-electron chi connectivity index (χ3n) is 8.25. The van der Waals surface area contributed by atoms with Gasteiger partial charge < -0.3 is 25.6 Å². The molecule has 0 unspecified atom stereocenters. The topological polar surface area (TPSA) is 142 Å². The summed E-state index contributed by atoms with van der Waals surface area (Å²) in [5.74, 6) is -3.15. The number of aromatic nitrogens is 3. The molecule has 2 aliphatic rings. The molecule has 2 fully saturated rings. The molecule has 0 spiro atoms. The Bertz CT molecular complexity index is 1820. The molecule has 45 heavy (non-hydrogen) atoms. The van der Waals surface area contributed by atoms with E-state index in [0.29, 0.717) is 47.9 Å². The summed E-state index contributed by atoms with van der Waals surface area (Å²) in [7, 11) is 1.44. The molecule has 1 atom stereocenters. The summed E-state index contributed by atoms with van der Waals surface area (Å²) >= 11 is 6.35. The van der Waals surface area contributed by atoms with Crippen LogP contribution in [0.1, 0.15) is 54.2 Å². The van der Waals surface area contributed by atoms with Crippen molar-refractivity contribution < 1.29 is 33.0 Å². The number of benzene rings is 2. The van der Waals surface area contributed by atoms with E-state index in [1.165, 1.54) is 36.1 Å². The summed E-state index contributed by atoms with van der Waals surface area (Å²) < 4.78 is 41.8. The zero-order valence-corrected chi connectivity index (χ0v) is 25.5. The highest BCUT2D eigenvalue weighted by Gasteiger charge is 2.48. The first kappa shape index (κ1) is 30.7. The Morgan fingerprint density at radius 3 is 2.67 bits per heavy atom. The van der Waals surface area contributed by atoms with Crippen LogP contribution in [-0.4, -0.2) is 51.9 Å². The van der Waals surface area contributed by atoms with Crippen LogP contribution in [0.3, 0.4) is 0 Å². The average Bonchev–Trinajstić information content (AvgIpc) is 3.95. The molecule has 6 rings (SSSR count). The maximum atomic E-state index is 14.7. The molecule has 13 heteroatoms. The van der Waals surface area contributed by atoms with E-state index in [9.17, 15) is 23.5 Å². The van der Waals surface area contributed by atoms with Crippen molar-refractivity contribution in [2.75, 3.05) is 20.3 Å². The molecule has 0 aliphatic heterocycles. The lowest BCUT2D eigenvalue weighted by Gasteiger charge is -2.30. The number of pyridine rings is 1. The Labute approximate surface area is 262 Å². The van der Waals surface area contributed by atoms with E-state index in [-0.39, 0.29) is 58.8 Å². The Hall–Kier alpha value is -4.29. The molecule has 2 aliphatic carbocycles. The van der Waals surface area contributed by atoms with Crippen LogP contribution in [0.25, 0.3) is 22.2 Å². The monoisotopic (exact) mass is 639 g/mol. The fourth-order valence-corrected chi connectivity index (χ4v) is 5.77. The minimum atomic E-state index is -1.67. The van der Waals surface area contributed by atoms with E-state index in [0.717, 1.165) is 0 Å². The van der Waals surface area contributed by atoms with E-state index in [2.05, 4.69) is 10.4 Å². The van der Waals surface area contributed by atoms with E-state index in [4.69, 9.17) is 31.8 Å². The van der Waals surface area contributed by atoms with Gasteiger partial charge in [0, 0.05) is 41.1 Å². The number of hydrogen-bond acceptors (Lipinski definition) is 7. The molecule has 2 saturated carbocycles. The molecule has 2 amide bonds. The molecular formula is C32H32ClF2N5O5.